The number of sulfonamides is 1. The minimum Gasteiger partial charge on any atom is -0.403 e. The highest BCUT2D eigenvalue weighted by Gasteiger charge is 2.33. The first kappa shape index (κ1) is 34.8. The standard InChI is InChI=1S/C31H36BrF3N10O3S/c1-42-14-16-45(17-15-42)20-8-12-44(13-9-20)21-4-5-23(26(18-21)48-31(33,34)35)40-30-38-19-22(32)29(41-30)39-25-7-6-24-27(37-11-10-36-24)28(25)43(2)49(3,46)47/h4-7,10-11,18-20H,8-9,12-17H2,1-3H3,(H2,38,39,40,41). The highest BCUT2D eigenvalue weighted by atomic mass is 79.9. The number of rotatable bonds is 9. The van der Waals surface area contributed by atoms with Gasteiger partial charge in [-0.1, -0.05) is 0 Å². The summed E-state index contributed by atoms with van der Waals surface area (Å²) in [6.45, 7) is 5.56. The molecule has 2 saturated heterocycles. The summed E-state index contributed by atoms with van der Waals surface area (Å²) in [4.78, 5) is 24.2. The van der Waals surface area contributed by atoms with E-state index in [1.54, 1.807) is 18.2 Å². The number of hydrogen-bond donors (Lipinski definition) is 2. The maximum absolute atomic E-state index is 13.6. The van der Waals surface area contributed by atoms with Crippen molar-refractivity contribution in [1.29, 1.82) is 0 Å². The molecule has 0 spiro atoms. The smallest absolute Gasteiger partial charge is 0.403 e. The number of halogens is 4. The Morgan fingerprint density at radius 1 is 0.959 bits per heavy atom. The minimum atomic E-state index is -4.93. The Kier molecular flexibility index (Phi) is 10.0. The van der Waals surface area contributed by atoms with Crippen molar-refractivity contribution >= 4 is 71.5 Å². The van der Waals surface area contributed by atoms with Gasteiger partial charge in [0.25, 0.3) is 0 Å². The molecule has 13 nitrogen and oxygen atoms in total. The zero-order valence-electron chi connectivity index (χ0n) is 27.1. The molecular weight excluding hydrogens is 729 g/mol. The molecule has 0 radical (unpaired) electrons. The van der Waals surface area contributed by atoms with Gasteiger partial charge < -0.3 is 25.2 Å². The van der Waals surface area contributed by atoms with E-state index in [-0.39, 0.29) is 23.1 Å². The molecule has 0 amide bonds. The van der Waals surface area contributed by atoms with Gasteiger partial charge in [-0.15, -0.1) is 13.2 Å². The fourth-order valence-electron chi connectivity index (χ4n) is 6.07. The molecule has 262 valence electrons. The first-order chi connectivity index (χ1) is 23.2. The van der Waals surface area contributed by atoms with Crippen molar-refractivity contribution in [2.75, 3.05) is 79.5 Å². The molecule has 0 saturated carbocycles. The Morgan fingerprint density at radius 3 is 2.35 bits per heavy atom. The number of ether oxygens (including phenoxy) is 1. The normalized spacial score (nSPS) is 16.9. The Morgan fingerprint density at radius 2 is 1.65 bits per heavy atom. The first-order valence-corrected chi connectivity index (χ1v) is 18.2. The van der Waals surface area contributed by atoms with Crippen molar-refractivity contribution < 1.29 is 26.3 Å². The lowest BCUT2D eigenvalue weighted by Crippen LogP contribution is -2.52. The monoisotopic (exact) mass is 764 g/mol. The predicted octanol–water partition coefficient (Wildman–Crippen LogP) is 5.18. The van der Waals surface area contributed by atoms with Crippen molar-refractivity contribution in [1.82, 2.24) is 29.7 Å². The third-order valence-corrected chi connectivity index (χ3v) is 10.5. The second-order valence-electron chi connectivity index (χ2n) is 12.0. The van der Waals surface area contributed by atoms with E-state index in [2.05, 4.69) is 73.0 Å². The van der Waals surface area contributed by atoms with Crippen LogP contribution in [0.25, 0.3) is 11.0 Å². The quantitative estimate of drug-likeness (QED) is 0.233. The minimum absolute atomic E-state index is 0.0140. The number of nitrogens with one attached hydrogen (secondary N) is 2. The average Bonchev–Trinajstić information content (AvgIpc) is 3.06. The topological polar surface area (TPSA) is 132 Å². The van der Waals surface area contributed by atoms with Crippen LogP contribution in [0, 0.1) is 0 Å². The van der Waals surface area contributed by atoms with E-state index in [1.807, 2.05) is 0 Å². The number of likely N-dealkylation sites (N-methyl/N-ethyl adjacent to an activating group) is 1. The third kappa shape index (κ3) is 8.25. The van der Waals surface area contributed by atoms with Crippen LogP contribution in [0.1, 0.15) is 12.8 Å². The van der Waals surface area contributed by atoms with Gasteiger partial charge >= 0.3 is 6.36 Å². The SMILES string of the molecule is CN1CCN(C2CCN(c3ccc(Nc4ncc(Br)c(Nc5ccc6nccnc6c5N(C)S(C)(=O)=O)n4)c(OC(F)(F)F)c3)CC2)CC1. The maximum atomic E-state index is 13.6. The zero-order chi connectivity index (χ0) is 34.9. The summed E-state index contributed by atoms with van der Waals surface area (Å²) >= 11 is 3.40. The summed E-state index contributed by atoms with van der Waals surface area (Å²) in [5, 5.41) is 5.97. The molecule has 2 fully saturated rings. The first-order valence-electron chi connectivity index (χ1n) is 15.6. The van der Waals surface area contributed by atoms with Gasteiger partial charge in [0.1, 0.15) is 17.0 Å². The molecule has 2 aromatic heterocycles. The number of nitrogens with zero attached hydrogens (tertiary/aromatic N) is 8. The lowest BCUT2D eigenvalue weighted by Gasteiger charge is -2.42. The highest BCUT2D eigenvalue weighted by molar-refractivity contribution is 9.10. The molecule has 18 heteroatoms. The lowest BCUT2D eigenvalue weighted by atomic mass is 10.0. The van der Waals surface area contributed by atoms with Gasteiger partial charge in [-0.25, -0.2) is 13.4 Å². The number of anilines is 6. The summed E-state index contributed by atoms with van der Waals surface area (Å²) in [6, 6.07) is 8.42. The maximum Gasteiger partial charge on any atom is 0.573 e. The van der Waals surface area contributed by atoms with E-state index >= 15 is 0 Å². The van der Waals surface area contributed by atoms with E-state index in [0.717, 1.165) is 62.7 Å². The van der Waals surface area contributed by atoms with Crippen molar-refractivity contribution in [2.45, 2.75) is 25.2 Å². The third-order valence-electron chi connectivity index (χ3n) is 8.74. The summed E-state index contributed by atoms with van der Waals surface area (Å²) in [7, 11) is -0.187. The number of aromatic nitrogens is 4. The number of hydrogen-bond acceptors (Lipinski definition) is 12. The fourth-order valence-corrected chi connectivity index (χ4v) is 6.87. The van der Waals surface area contributed by atoms with E-state index in [4.69, 9.17) is 0 Å². The van der Waals surface area contributed by atoms with Crippen LogP contribution in [-0.2, 0) is 10.0 Å². The van der Waals surface area contributed by atoms with Crippen molar-refractivity contribution in [3.05, 3.63) is 53.4 Å². The van der Waals surface area contributed by atoms with Crippen molar-refractivity contribution in [2.24, 2.45) is 0 Å². The van der Waals surface area contributed by atoms with Crippen molar-refractivity contribution in [3.63, 3.8) is 0 Å². The average molecular weight is 766 g/mol. The Hall–Kier alpha value is -4.00. The molecule has 2 aliphatic rings. The van der Waals surface area contributed by atoms with Crippen LogP contribution in [0.5, 0.6) is 5.75 Å². The van der Waals surface area contributed by atoms with Crippen LogP contribution in [0.15, 0.2) is 53.4 Å². The Labute approximate surface area is 290 Å². The van der Waals surface area contributed by atoms with E-state index < -0.39 is 22.1 Å². The number of fused-ring (bicyclic) bond motifs is 1. The Bertz CT molecular complexity index is 1920. The summed E-state index contributed by atoms with van der Waals surface area (Å²) in [6.07, 6.45) is 2.35. The fraction of sp³-hybridized carbons (Fsp3) is 0.419. The van der Waals surface area contributed by atoms with Gasteiger partial charge in [0.2, 0.25) is 16.0 Å². The largest absolute Gasteiger partial charge is 0.573 e. The van der Waals surface area contributed by atoms with Gasteiger partial charge in [0.05, 0.1) is 27.6 Å². The van der Waals surface area contributed by atoms with Gasteiger partial charge in [0, 0.05) is 82.7 Å². The van der Waals surface area contributed by atoms with Crippen LogP contribution in [0.2, 0.25) is 0 Å². The summed E-state index contributed by atoms with van der Waals surface area (Å²) in [5.41, 5.74) is 2.03. The Balaban J connectivity index is 1.24. The van der Waals surface area contributed by atoms with Crippen LogP contribution in [-0.4, -0.2) is 110 Å². The van der Waals surface area contributed by atoms with Crippen LogP contribution < -0.4 is 24.6 Å². The molecule has 2 aromatic carbocycles. The van der Waals surface area contributed by atoms with Gasteiger partial charge in [-0.05, 0) is 60.1 Å². The molecule has 2 aliphatic heterocycles. The van der Waals surface area contributed by atoms with Crippen LogP contribution in [0.4, 0.5) is 47.7 Å². The van der Waals surface area contributed by atoms with E-state index in [0.29, 0.717) is 32.9 Å². The van der Waals surface area contributed by atoms with Crippen LogP contribution >= 0.6 is 15.9 Å². The van der Waals surface area contributed by atoms with E-state index in [1.165, 1.54) is 37.8 Å². The molecule has 6 rings (SSSR count). The number of piperazine rings is 1. The van der Waals surface area contributed by atoms with Gasteiger partial charge in [-0.2, -0.15) is 4.98 Å². The lowest BCUT2D eigenvalue weighted by molar-refractivity contribution is -0.274. The molecular formula is C31H36BrF3N10O3S. The van der Waals surface area contributed by atoms with E-state index in [9.17, 15) is 21.6 Å². The molecule has 0 aliphatic carbocycles. The highest BCUT2D eigenvalue weighted by Crippen LogP contribution is 2.39. The van der Waals surface area contributed by atoms with Crippen molar-refractivity contribution in [3.8, 4) is 5.75 Å². The van der Waals surface area contributed by atoms with Gasteiger partial charge in [0.15, 0.2) is 5.75 Å². The molecule has 4 heterocycles. The molecule has 49 heavy (non-hydrogen) atoms. The molecule has 0 atom stereocenters. The molecule has 0 bridgehead atoms. The molecule has 4 aromatic rings. The second kappa shape index (κ2) is 14.1. The number of benzene rings is 2. The molecule has 2 N–H and O–H groups in total. The predicted molar refractivity (Wildman–Crippen MR) is 187 cm³/mol. The summed E-state index contributed by atoms with van der Waals surface area (Å²) in [5.74, 6) is -0.239. The number of piperidine rings is 1. The second-order valence-corrected chi connectivity index (χ2v) is 14.9. The molecule has 0 unspecified atom stereocenters. The van der Waals surface area contributed by atoms with Gasteiger partial charge in [-0.3, -0.25) is 19.2 Å². The van der Waals surface area contributed by atoms with Crippen LogP contribution in [0.3, 0.4) is 0 Å². The zero-order valence-corrected chi connectivity index (χ0v) is 29.5. The summed E-state index contributed by atoms with van der Waals surface area (Å²) < 4.78 is 71.9. The number of alkyl halides is 3.